The van der Waals surface area contributed by atoms with Gasteiger partial charge in [-0.05, 0) is 18.2 Å². The highest BCUT2D eigenvalue weighted by Gasteiger charge is 2.15. The Balaban J connectivity index is 2.45. The maximum atomic E-state index is 13.0. The van der Waals surface area contributed by atoms with Gasteiger partial charge in [0.05, 0.1) is 11.6 Å². The molecule has 0 bridgehead atoms. The molecule has 2 aromatic rings. The first kappa shape index (κ1) is 12.9. The number of nitrogen functional groups attached to an aromatic ring is 1. The Labute approximate surface area is 109 Å². The van der Waals surface area contributed by atoms with Crippen LogP contribution in [-0.2, 0) is 11.2 Å². The molecule has 4 nitrogen and oxygen atoms in total. The van der Waals surface area contributed by atoms with Crippen LogP contribution in [0.3, 0.4) is 0 Å². The van der Waals surface area contributed by atoms with Crippen LogP contribution in [0.2, 0.25) is 5.02 Å². The van der Waals surface area contributed by atoms with E-state index < -0.39 is 0 Å². The van der Waals surface area contributed by atoms with E-state index in [1.54, 1.807) is 13.2 Å². The number of nitrogens with zero attached hydrogens (tertiary/aromatic N) is 1. The average molecular weight is 270 g/mol. The van der Waals surface area contributed by atoms with Gasteiger partial charge in [-0.2, -0.15) is 5.10 Å². The van der Waals surface area contributed by atoms with Gasteiger partial charge in [0.25, 0.3) is 0 Å². The molecule has 0 saturated carbocycles. The Bertz CT molecular complexity index is 556. The number of aromatic amines is 1. The van der Waals surface area contributed by atoms with E-state index in [9.17, 15) is 4.39 Å². The highest BCUT2D eigenvalue weighted by atomic mass is 35.5. The molecule has 0 aliphatic heterocycles. The van der Waals surface area contributed by atoms with E-state index in [2.05, 4.69) is 10.2 Å². The zero-order valence-corrected chi connectivity index (χ0v) is 10.6. The van der Waals surface area contributed by atoms with Crippen molar-refractivity contribution in [1.29, 1.82) is 0 Å². The van der Waals surface area contributed by atoms with Crippen molar-refractivity contribution in [2.24, 2.45) is 0 Å². The summed E-state index contributed by atoms with van der Waals surface area (Å²) in [7, 11) is 1.62. The first-order chi connectivity index (χ1) is 8.63. The third-order valence-electron chi connectivity index (χ3n) is 2.63. The first-order valence-corrected chi connectivity index (χ1v) is 5.78. The second-order valence-corrected chi connectivity index (χ2v) is 4.24. The maximum absolute atomic E-state index is 13.0. The van der Waals surface area contributed by atoms with E-state index in [1.165, 1.54) is 12.1 Å². The van der Waals surface area contributed by atoms with Crippen molar-refractivity contribution >= 4 is 17.4 Å². The number of halogens is 2. The normalized spacial score (nSPS) is 10.8. The lowest BCUT2D eigenvalue weighted by Crippen LogP contribution is -1.97. The third kappa shape index (κ3) is 2.47. The van der Waals surface area contributed by atoms with Crippen molar-refractivity contribution < 1.29 is 9.13 Å². The SMILES string of the molecule is COCCc1[nH]nc(N)c1-c1ccc(F)cc1Cl. The summed E-state index contributed by atoms with van der Waals surface area (Å²) >= 11 is 6.03. The fourth-order valence-corrected chi connectivity index (χ4v) is 2.03. The van der Waals surface area contributed by atoms with Crippen LogP contribution in [0.1, 0.15) is 5.69 Å². The van der Waals surface area contributed by atoms with Crippen LogP contribution in [0.5, 0.6) is 0 Å². The van der Waals surface area contributed by atoms with E-state index in [-0.39, 0.29) is 5.82 Å². The number of H-pyrrole nitrogens is 1. The minimum Gasteiger partial charge on any atom is -0.384 e. The Hall–Kier alpha value is -1.59. The highest BCUT2D eigenvalue weighted by molar-refractivity contribution is 6.33. The van der Waals surface area contributed by atoms with Gasteiger partial charge < -0.3 is 10.5 Å². The molecule has 1 heterocycles. The smallest absolute Gasteiger partial charge is 0.153 e. The maximum Gasteiger partial charge on any atom is 0.153 e. The summed E-state index contributed by atoms with van der Waals surface area (Å²) in [6.07, 6.45) is 0.629. The third-order valence-corrected chi connectivity index (χ3v) is 2.94. The van der Waals surface area contributed by atoms with Gasteiger partial charge in [0.2, 0.25) is 0 Å². The predicted octanol–water partition coefficient (Wildman–Crippen LogP) is 2.64. The van der Waals surface area contributed by atoms with Gasteiger partial charge in [-0.25, -0.2) is 4.39 Å². The molecule has 0 saturated heterocycles. The Morgan fingerprint density at radius 2 is 2.28 bits per heavy atom. The molecule has 0 fully saturated rings. The molecule has 0 amide bonds. The lowest BCUT2D eigenvalue weighted by Gasteiger charge is -2.06. The number of aromatic nitrogens is 2. The summed E-state index contributed by atoms with van der Waals surface area (Å²) in [6, 6.07) is 4.19. The van der Waals surface area contributed by atoms with Crippen LogP contribution in [0.25, 0.3) is 11.1 Å². The molecule has 3 N–H and O–H groups in total. The molecule has 96 valence electrons. The molecule has 0 atom stereocenters. The van der Waals surface area contributed by atoms with Crippen molar-refractivity contribution in [3.8, 4) is 11.1 Å². The lowest BCUT2D eigenvalue weighted by molar-refractivity contribution is 0.201. The largest absolute Gasteiger partial charge is 0.384 e. The summed E-state index contributed by atoms with van der Waals surface area (Å²) in [4.78, 5) is 0. The summed E-state index contributed by atoms with van der Waals surface area (Å²) < 4.78 is 18.0. The molecule has 2 rings (SSSR count). The number of anilines is 1. The van der Waals surface area contributed by atoms with Crippen molar-refractivity contribution in [1.82, 2.24) is 10.2 Å². The number of hydrogen-bond donors (Lipinski definition) is 2. The summed E-state index contributed by atoms with van der Waals surface area (Å²) in [5.41, 5.74) is 8.01. The molecule has 6 heteroatoms. The minimum atomic E-state index is -0.385. The van der Waals surface area contributed by atoms with Gasteiger partial charge in [-0.3, -0.25) is 5.10 Å². The number of rotatable bonds is 4. The second kappa shape index (κ2) is 5.37. The molecular weight excluding hydrogens is 257 g/mol. The zero-order valence-electron chi connectivity index (χ0n) is 9.84. The summed E-state index contributed by atoms with van der Waals surface area (Å²) in [5, 5.41) is 7.10. The standard InChI is InChI=1S/C12H13ClFN3O/c1-18-5-4-10-11(12(15)17-16-10)8-3-2-7(14)6-9(8)13/h2-3,6H,4-5H2,1H3,(H3,15,16,17). The number of benzene rings is 1. The molecule has 0 spiro atoms. The van der Waals surface area contributed by atoms with Crippen molar-refractivity contribution in [2.45, 2.75) is 6.42 Å². The van der Waals surface area contributed by atoms with Crippen LogP contribution in [-0.4, -0.2) is 23.9 Å². The molecule has 0 aliphatic carbocycles. The number of methoxy groups -OCH3 is 1. The quantitative estimate of drug-likeness (QED) is 0.897. The average Bonchev–Trinajstić information content (AvgIpc) is 2.68. The van der Waals surface area contributed by atoms with Crippen LogP contribution in [0, 0.1) is 5.82 Å². The van der Waals surface area contributed by atoms with Crippen molar-refractivity contribution in [3.63, 3.8) is 0 Å². The van der Waals surface area contributed by atoms with Crippen LogP contribution in [0.4, 0.5) is 10.2 Å². The summed E-state index contributed by atoms with van der Waals surface area (Å²) in [6.45, 7) is 0.535. The predicted molar refractivity (Wildman–Crippen MR) is 69.0 cm³/mol. The second-order valence-electron chi connectivity index (χ2n) is 3.83. The Morgan fingerprint density at radius 3 is 2.94 bits per heavy atom. The molecule has 0 aliphatic rings. The van der Waals surface area contributed by atoms with Gasteiger partial charge in [0, 0.05) is 30.4 Å². The van der Waals surface area contributed by atoms with Gasteiger partial charge in [0.1, 0.15) is 5.82 Å². The number of ether oxygens (including phenoxy) is 1. The molecule has 18 heavy (non-hydrogen) atoms. The monoisotopic (exact) mass is 269 g/mol. The van der Waals surface area contributed by atoms with Crippen molar-refractivity contribution in [3.05, 3.63) is 34.7 Å². The fourth-order valence-electron chi connectivity index (χ4n) is 1.77. The van der Waals surface area contributed by atoms with Gasteiger partial charge in [-0.15, -0.1) is 0 Å². The molecule has 1 aromatic heterocycles. The van der Waals surface area contributed by atoms with E-state index in [0.717, 1.165) is 5.69 Å². The molecular formula is C12H13ClFN3O. The summed E-state index contributed by atoms with van der Waals surface area (Å²) in [5.74, 6) is -0.0427. The highest BCUT2D eigenvalue weighted by Crippen LogP contribution is 2.34. The topological polar surface area (TPSA) is 63.9 Å². The molecule has 0 unspecified atom stereocenters. The molecule has 1 aromatic carbocycles. The zero-order chi connectivity index (χ0) is 13.1. The first-order valence-electron chi connectivity index (χ1n) is 5.40. The van der Waals surface area contributed by atoms with E-state index in [1.807, 2.05) is 0 Å². The Kier molecular flexibility index (Phi) is 3.84. The van der Waals surface area contributed by atoms with Gasteiger partial charge in [0.15, 0.2) is 5.82 Å². The minimum absolute atomic E-state index is 0.307. The van der Waals surface area contributed by atoms with Crippen LogP contribution < -0.4 is 5.73 Å². The molecule has 0 radical (unpaired) electrons. The lowest BCUT2D eigenvalue weighted by atomic mass is 10.0. The number of nitrogens with one attached hydrogen (secondary N) is 1. The van der Waals surface area contributed by atoms with E-state index >= 15 is 0 Å². The fraction of sp³-hybridized carbons (Fsp3) is 0.250. The number of hydrogen-bond acceptors (Lipinski definition) is 3. The van der Waals surface area contributed by atoms with Crippen molar-refractivity contribution in [2.75, 3.05) is 19.5 Å². The van der Waals surface area contributed by atoms with Gasteiger partial charge >= 0.3 is 0 Å². The number of nitrogens with two attached hydrogens (primary N) is 1. The van der Waals surface area contributed by atoms with Crippen LogP contribution >= 0.6 is 11.6 Å². The van der Waals surface area contributed by atoms with E-state index in [4.69, 9.17) is 22.1 Å². The van der Waals surface area contributed by atoms with Crippen LogP contribution in [0.15, 0.2) is 18.2 Å². The Morgan fingerprint density at radius 1 is 1.50 bits per heavy atom. The van der Waals surface area contributed by atoms with E-state index in [0.29, 0.717) is 35.0 Å². The van der Waals surface area contributed by atoms with Gasteiger partial charge in [-0.1, -0.05) is 11.6 Å².